The van der Waals surface area contributed by atoms with Crippen molar-refractivity contribution in [3.05, 3.63) is 45.3 Å². The van der Waals surface area contributed by atoms with Crippen molar-refractivity contribution in [3.63, 3.8) is 0 Å². The molecule has 0 fully saturated rings. The first kappa shape index (κ1) is 17.3. The molecule has 0 atom stereocenters. The molecule has 128 valence electrons. The van der Waals surface area contributed by atoms with Gasteiger partial charge in [0.15, 0.2) is 0 Å². The van der Waals surface area contributed by atoms with Crippen molar-refractivity contribution in [2.75, 3.05) is 0 Å². The van der Waals surface area contributed by atoms with Crippen LogP contribution in [-0.4, -0.2) is 0 Å². The fourth-order valence-corrected chi connectivity index (χ4v) is 4.06. The summed E-state index contributed by atoms with van der Waals surface area (Å²) in [7, 11) is 0. The number of benzene rings is 1. The third-order valence-electron chi connectivity index (χ3n) is 5.47. The van der Waals surface area contributed by atoms with E-state index < -0.39 is 0 Å². The Morgan fingerprint density at radius 3 is 2.25 bits per heavy atom. The molecule has 0 heterocycles. The third-order valence-corrected chi connectivity index (χ3v) is 5.47. The van der Waals surface area contributed by atoms with Gasteiger partial charge in [-0.3, -0.25) is 0 Å². The van der Waals surface area contributed by atoms with Gasteiger partial charge >= 0.3 is 0 Å². The highest BCUT2D eigenvalue weighted by molar-refractivity contribution is 5.80. The second-order valence-electron chi connectivity index (χ2n) is 7.32. The Morgan fingerprint density at radius 1 is 0.750 bits per heavy atom. The smallest absolute Gasteiger partial charge is 0.0143 e. The first-order valence-electron chi connectivity index (χ1n) is 10.1. The standard InChI is InChI=1S/C24H32/c1-3-5-7-9-12-19-16-17-23-22(14-10-8-6-4-2)21-15-11-13-20(21)18-24(19)23/h11,13,15-18H,3-10,12,14H2,1-2H3. The molecule has 0 aromatic heterocycles. The average molecular weight is 321 g/mol. The summed E-state index contributed by atoms with van der Waals surface area (Å²) in [5.41, 5.74) is 6.13. The number of unbranched alkanes of at least 4 members (excludes halogenated alkanes) is 6. The van der Waals surface area contributed by atoms with Crippen molar-refractivity contribution in [2.24, 2.45) is 0 Å². The predicted octanol–water partition coefficient (Wildman–Crippen LogP) is 5.76. The molecule has 1 aromatic carbocycles. The Kier molecular flexibility index (Phi) is 6.12. The van der Waals surface area contributed by atoms with Crippen LogP contribution in [0.2, 0.25) is 0 Å². The van der Waals surface area contributed by atoms with Crippen LogP contribution in [0, 0.1) is 0 Å². The molecule has 0 radical (unpaired) electrons. The monoisotopic (exact) mass is 320 g/mol. The second-order valence-corrected chi connectivity index (χ2v) is 7.32. The zero-order chi connectivity index (χ0) is 16.8. The Balaban J connectivity index is 1.86. The Bertz CT molecular complexity index is 743. The van der Waals surface area contributed by atoms with Crippen LogP contribution in [0.25, 0.3) is 23.8 Å². The SMILES string of the molecule is CCCCCCC1=c2cc3c(c(CCCCCC)c2C=C1)=CC=C3. The number of hydrogen-bond acceptors (Lipinski definition) is 0. The maximum absolute atomic E-state index is 2.44. The van der Waals surface area contributed by atoms with Gasteiger partial charge in [0.2, 0.25) is 0 Å². The van der Waals surface area contributed by atoms with E-state index in [1.54, 1.807) is 11.1 Å². The van der Waals surface area contributed by atoms with Crippen LogP contribution >= 0.6 is 0 Å². The number of rotatable bonds is 10. The normalized spacial score (nSPS) is 14.2. The van der Waals surface area contributed by atoms with Gasteiger partial charge in [0.1, 0.15) is 0 Å². The van der Waals surface area contributed by atoms with Crippen molar-refractivity contribution >= 4 is 23.8 Å². The first-order valence-corrected chi connectivity index (χ1v) is 10.1. The van der Waals surface area contributed by atoms with Crippen LogP contribution in [0.4, 0.5) is 0 Å². The molecule has 2 aliphatic carbocycles. The van der Waals surface area contributed by atoms with E-state index in [0.717, 1.165) is 0 Å². The summed E-state index contributed by atoms with van der Waals surface area (Å²) >= 11 is 0. The van der Waals surface area contributed by atoms with Crippen molar-refractivity contribution in [3.8, 4) is 0 Å². The average Bonchev–Trinajstić information content (AvgIpc) is 3.22. The van der Waals surface area contributed by atoms with E-state index in [4.69, 9.17) is 0 Å². The molecule has 1 aromatic rings. The molecule has 0 aliphatic heterocycles. The van der Waals surface area contributed by atoms with Gasteiger partial charge in [-0.15, -0.1) is 0 Å². The summed E-state index contributed by atoms with van der Waals surface area (Å²) in [6.07, 6.45) is 24.8. The fraction of sp³-hybridized carbons (Fsp3) is 0.500. The molecule has 2 aliphatic rings. The van der Waals surface area contributed by atoms with Gasteiger partial charge in [-0.1, -0.05) is 82.8 Å². The summed E-state index contributed by atoms with van der Waals surface area (Å²) < 4.78 is 0. The summed E-state index contributed by atoms with van der Waals surface area (Å²) in [6.45, 7) is 4.58. The van der Waals surface area contributed by atoms with Crippen LogP contribution in [0.1, 0.15) is 88.3 Å². The Labute approximate surface area is 147 Å². The maximum atomic E-state index is 2.44. The Morgan fingerprint density at radius 2 is 1.50 bits per heavy atom. The molecule has 0 heteroatoms. The third kappa shape index (κ3) is 3.74. The van der Waals surface area contributed by atoms with E-state index in [9.17, 15) is 0 Å². The van der Waals surface area contributed by atoms with Gasteiger partial charge in [-0.25, -0.2) is 0 Å². The lowest BCUT2D eigenvalue weighted by atomic mass is 9.94. The summed E-state index contributed by atoms with van der Waals surface area (Å²) in [5, 5.41) is 3.01. The van der Waals surface area contributed by atoms with E-state index in [-0.39, 0.29) is 0 Å². The topological polar surface area (TPSA) is 0 Å². The van der Waals surface area contributed by atoms with E-state index in [0.29, 0.717) is 0 Å². The minimum Gasteiger partial charge on any atom is -0.0654 e. The van der Waals surface area contributed by atoms with Crippen molar-refractivity contribution in [1.29, 1.82) is 0 Å². The van der Waals surface area contributed by atoms with E-state index in [2.05, 4.69) is 50.3 Å². The summed E-state index contributed by atoms with van der Waals surface area (Å²) in [6, 6.07) is 2.44. The van der Waals surface area contributed by atoms with Gasteiger partial charge in [0, 0.05) is 0 Å². The minimum absolute atomic E-state index is 1.23. The molecule has 0 bridgehead atoms. The summed E-state index contributed by atoms with van der Waals surface area (Å²) in [5.74, 6) is 0. The molecule has 0 unspecified atom stereocenters. The van der Waals surface area contributed by atoms with Crippen LogP contribution in [0.5, 0.6) is 0 Å². The van der Waals surface area contributed by atoms with E-state index >= 15 is 0 Å². The summed E-state index contributed by atoms with van der Waals surface area (Å²) in [4.78, 5) is 0. The zero-order valence-electron chi connectivity index (χ0n) is 15.5. The molecule has 0 amide bonds. The van der Waals surface area contributed by atoms with Crippen LogP contribution in [-0.2, 0) is 6.42 Å². The highest BCUT2D eigenvalue weighted by atomic mass is 14.2. The predicted molar refractivity (Wildman–Crippen MR) is 108 cm³/mol. The van der Waals surface area contributed by atoms with E-state index in [1.165, 1.54) is 85.8 Å². The lowest BCUT2D eigenvalue weighted by molar-refractivity contribution is 0.665. The second kappa shape index (κ2) is 8.51. The lowest BCUT2D eigenvalue weighted by Gasteiger charge is -2.10. The van der Waals surface area contributed by atoms with Gasteiger partial charge < -0.3 is 0 Å². The number of allylic oxidation sites excluding steroid dienone is 2. The van der Waals surface area contributed by atoms with Gasteiger partial charge in [-0.05, 0) is 64.5 Å². The lowest BCUT2D eigenvalue weighted by Crippen LogP contribution is -2.21. The quantitative estimate of drug-likeness (QED) is 0.480. The Hall–Kier alpha value is -1.56. The highest BCUT2D eigenvalue weighted by Crippen LogP contribution is 2.22. The van der Waals surface area contributed by atoms with Crippen LogP contribution < -0.4 is 10.4 Å². The first-order chi connectivity index (χ1) is 11.8. The molecular formula is C24H32. The molecule has 0 saturated heterocycles. The molecule has 3 rings (SSSR count). The van der Waals surface area contributed by atoms with Crippen LogP contribution in [0.3, 0.4) is 0 Å². The molecular weight excluding hydrogens is 288 g/mol. The van der Waals surface area contributed by atoms with Gasteiger partial charge in [0.25, 0.3) is 0 Å². The number of fused-ring (bicyclic) bond motifs is 2. The van der Waals surface area contributed by atoms with Gasteiger partial charge in [-0.2, -0.15) is 0 Å². The van der Waals surface area contributed by atoms with Crippen molar-refractivity contribution < 1.29 is 0 Å². The van der Waals surface area contributed by atoms with E-state index in [1.807, 2.05) is 0 Å². The zero-order valence-corrected chi connectivity index (χ0v) is 15.5. The molecule has 0 N–H and O–H groups in total. The van der Waals surface area contributed by atoms with Gasteiger partial charge in [0.05, 0.1) is 0 Å². The fourth-order valence-electron chi connectivity index (χ4n) is 4.06. The number of hydrogen-bond donors (Lipinski definition) is 0. The minimum atomic E-state index is 1.23. The molecule has 0 saturated carbocycles. The van der Waals surface area contributed by atoms with Crippen LogP contribution in [0.15, 0.2) is 18.2 Å². The molecule has 24 heavy (non-hydrogen) atoms. The molecule has 0 spiro atoms. The van der Waals surface area contributed by atoms with Crippen molar-refractivity contribution in [2.45, 2.75) is 78.1 Å². The highest BCUT2D eigenvalue weighted by Gasteiger charge is 2.14. The molecule has 0 nitrogen and oxygen atoms in total. The van der Waals surface area contributed by atoms with Crippen molar-refractivity contribution in [1.82, 2.24) is 0 Å². The largest absolute Gasteiger partial charge is 0.0654 e. The maximum Gasteiger partial charge on any atom is -0.0143 e.